The molecular formula is C20H23N3O3S. The Morgan fingerprint density at radius 1 is 1.22 bits per heavy atom. The molecule has 0 bridgehead atoms. The Morgan fingerprint density at radius 2 is 2.00 bits per heavy atom. The van der Waals surface area contributed by atoms with E-state index in [1.165, 1.54) is 0 Å². The maximum atomic E-state index is 13.1. The Balaban J connectivity index is 1.86. The van der Waals surface area contributed by atoms with Crippen LogP contribution in [0.2, 0.25) is 0 Å². The summed E-state index contributed by atoms with van der Waals surface area (Å²) in [7, 11) is 5.02. The minimum absolute atomic E-state index is 0.0382. The second kappa shape index (κ2) is 7.84. The first-order valence-electron chi connectivity index (χ1n) is 8.51. The molecule has 0 spiro atoms. The summed E-state index contributed by atoms with van der Waals surface area (Å²) in [6, 6.07) is 7.52. The van der Waals surface area contributed by atoms with Gasteiger partial charge in [-0.15, -0.1) is 11.3 Å². The molecule has 0 N–H and O–H groups in total. The SMILES string of the molecule is COc1ccc(CN(C)C(=O)c2cc(C)n(-c3nccs3)c2C)c(OC)c1. The van der Waals surface area contributed by atoms with Crippen molar-refractivity contribution in [2.24, 2.45) is 0 Å². The molecule has 0 aliphatic carbocycles. The van der Waals surface area contributed by atoms with E-state index < -0.39 is 0 Å². The Hall–Kier alpha value is -2.80. The van der Waals surface area contributed by atoms with Crippen molar-refractivity contribution in [3.05, 3.63) is 58.4 Å². The van der Waals surface area contributed by atoms with E-state index in [1.807, 2.05) is 48.1 Å². The van der Waals surface area contributed by atoms with Crippen LogP contribution in [0.4, 0.5) is 0 Å². The summed E-state index contributed by atoms with van der Waals surface area (Å²) < 4.78 is 12.7. The normalized spacial score (nSPS) is 10.7. The first-order chi connectivity index (χ1) is 13.0. The number of thiazole rings is 1. The number of hydrogen-bond acceptors (Lipinski definition) is 5. The van der Waals surface area contributed by atoms with Gasteiger partial charge in [-0.25, -0.2) is 4.98 Å². The molecule has 142 valence electrons. The smallest absolute Gasteiger partial charge is 0.255 e. The molecule has 0 fully saturated rings. The fraction of sp³-hybridized carbons (Fsp3) is 0.300. The zero-order valence-electron chi connectivity index (χ0n) is 16.1. The quantitative estimate of drug-likeness (QED) is 0.647. The fourth-order valence-corrected chi connectivity index (χ4v) is 3.87. The predicted octanol–water partition coefficient (Wildman–Crippen LogP) is 3.84. The third-order valence-electron chi connectivity index (χ3n) is 4.52. The van der Waals surface area contributed by atoms with Crippen molar-refractivity contribution < 1.29 is 14.3 Å². The third kappa shape index (κ3) is 3.68. The van der Waals surface area contributed by atoms with Crippen molar-refractivity contribution in [2.75, 3.05) is 21.3 Å². The van der Waals surface area contributed by atoms with E-state index in [1.54, 1.807) is 43.7 Å². The third-order valence-corrected chi connectivity index (χ3v) is 5.28. The number of hydrogen-bond donors (Lipinski definition) is 0. The van der Waals surface area contributed by atoms with E-state index in [-0.39, 0.29) is 5.91 Å². The number of carbonyl (C=O) groups excluding carboxylic acids is 1. The molecule has 3 aromatic rings. The molecule has 0 unspecified atom stereocenters. The lowest BCUT2D eigenvalue weighted by molar-refractivity contribution is 0.0783. The van der Waals surface area contributed by atoms with Gasteiger partial charge in [-0.3, -0.25) is 9.36 Å². The molecule has 2 aromatic heterocycles. The average Bonchev–Trinajstić information content (AvgIpc) is 3.29. The molecule has 3 rings (SSSR count). The van der Waals surface area contributed by atoms with E-state index in [0.717, 1.165) is 27.8 Å². The van der Waals surface area contributed by atoms with Crippen LogP contribution in [0, 0.1) is 13.8 Å². The van der Waals surface area contributed by atoms with Gasteiger partial charge in [0.05, 0.1) is 19.8 Å². The fourth-order valence-electron chi connectivity index (χ4n) is 3.12. The summed E-state index contributed by atoms with van der Waals surface area (Å²) >= 11 is 1.55. The second-order valence-electron chi connectivity index (χ2n) is 6.27. The van der Waals surface area contributed by atoms with Gasteiger partial charge in [-0.1, -0.05) is 0 Å². The van der Waals surface area contributed by atoms with Crippen LogP contribution in [0.3, 0.4) is 0 Å². The highest BCUT2D eigenvalue weighted by Crippen LogP contribution is 2.27. The molecule has 7 heteroatoms. The van der Waals surface area contributed by atoms with Crippen LogP contribution >= 0.6 is 11.3 Å². The van der Waals surface area contributed by atoms with Crippen LogP contribution in [0.1, 0.15) is 27.3 Å². The van der Waals surface area contributed by atoms with E-state index in [4.69, 9.17) is 9.47 Å². The molecule has 0 atom stereocenters. The highest BCUT2D eigenvalue weighted by atomic mass is 32.1. The van der Waals surface area contributed by atoms with Gasteiger partial charge in [0, 0.05) is 48.2 Å². The van der Waals surface area contributed by atoms with Gasteiger partial charge < -0.3 is 14.4 Å². The summed E-state index contributed by atoms with van der Waals surface area (Å²) in [5.41, 5.74) is 3.47. The van der Waals surface area contributed by atoms with Crippen molar-refractivity contribution in [2.45, 2.75) is 20.4 Å². The van der Waals surface area contributed by atoms with Gasteiger partial charge >= 0.3 is 0 Å². The number of ether oxygens (including phenoxy) is 2. The van der Waals surface area contributed by atoms with E-state index >= 15 is 0 Å². The molecule has 6 nitrogen and oxygen atoms in total. The number of aryl methyl sites for hydroxylation is 1. The van der Waals surface area contributed by atoms with Gasteiger partial charge in [0.1, 0.15) is 11.5 Å². The molecule has 0 saturated carbocycles. The largest absolute Gasteiger partial charge is 0.497 e. The minimum atomic E-state index is -0.0382. The summed E-state index contributed by atoms with van der Waals surface area (Å²) in [6.45, 7) is 4.37. The number of methoxy groups -OCH3 is 2. The summed E-state index contributed by atoms with van der Waals surface area (Å²) in [4.78, 5) is 19.1. The Labute approximate surface area is 163 Å². The second-order valence-corrected chi connectivity index (χ2v) is 7.15. The minimum Gasteiger partial charge on any atom is -0.497 e. The van der Waals surface area contributed by atoms with Gasteiger partial charge in [0.25, 0.3) is 5.91 Å². The number of carbonyl (C=O) groups is 1. The lowest BCUT2D eigenvalue weighted by Crippen LogP contribution is -2.26. The first-order valence-corrected chi connectivity index (χ1v) is 9.39. The summed E-state index contributed by atoms with van der Waals surface area (Å²) in [5, 5.41) is 2.79. The molecule has 1 amide bonds. The van der Waals surface area contributed by atoms with Gasteiger partial charge in [-0.2, -0.15) is 0 Å². The molecule has 0 aliphatic rings. The number of benzene rings is 1. The molecule has 0 saturated heterocycles. The van der Waals surface area contributed by atoms with Crippen LogP contribution in [0.25, 0.3) is 5.13 Å². The number of nitrogens with zero attached hydrogens (tertiary/aromatic N) is 3. The van der Waals surface area contributed by atoms with Gasteiger partial charge in [0.15, 0.2) is 5.13 Å². The number of amides is 1. The van der Waals surface area contributed by atoms with Crippen molar-refractivity contribution in [1.82, 2.24) is 14.5 Å². The lowest BCUT2D eigenvalue weighted by Gasteiger charge is -2.19. The lowest BCUT2D eigenvalue weighted by atomic mass is 10.1. The van der Waals surface area contributed by atoms with Crippen molar-refractivity contribution >= 4 is 17.2 Å². The highest BCUT2D eigenvalue weighted by molar-refractivity contribution is 7.12. The molecule has 0 radical (unpaired) electrons. The van der Waals surface area contributed by atoms with Crippen LogP contribution in [0.5, 0.6) is 11.5 Å². The predicted molar refractivity (Wildman–Crippen MR) is 106 cm³/mol. The van der Waals surface area contributed by atoms with Crippen LogP contribution in [-0.4, -0.2) is 41.6 Å². The maximum Gasteiger partial charge on any atom is 0.255 e. The molecule has 27 heavy (non-hydrogen) atoms. The average molecular weight is 385 g/mol. The summed E-state index contributed by atoms with van der Waals surface area (Å²) in [5.74, 6) is 1.38. The first kappa shape index (κ1) is 19.0. The number of rotatable bonds is 6. The van der Waals surface area contributed by atoms with Crippen molar-refractivity contribution in [3.8, 4) is 16.6 Å². The Morgan fingerprint density at radius 3 is 2.63 bits per heavy atom. The topological polar surface area (TPSA) is 56.6 Å². The van der Waals surface area contributed by atoms with E-state index in [9.17, 15) is 4.79 Å². The number of aromatic nitrogens is 2. The summed E-state index contributed by atoms with van der Waals surface area (Å²) in [6.07, 6.45) is 1.77. The maximum absolute atomic E-state index is 13.1. The molecule has 2 heterocycles. The monoisotopic (exact) mass is 385 g/mol. The van der Waals surface area contributed by atoms with E-state index in [2.05, 4.69) is 4.98 Å². The molecule has 1 aromatic carbocycles. The zero-order valence-corrected chi connectivity index (χ0v) is 17.0. The van der Waals surface area contributed by atoms with Crippen molar-refractivity contribution in [3.63, 3.8) is 0 Å². The standard InChI is InChI=1S/C20H23N3O3S/c1-13-10-17(14(2)23(13)20-21-8-9-27-20)19(24)22(3)12-15-6-7-16(25-4)11-18(15)26-5/h6-11H,12H2,1-5H3. The Bertz CT molecular complexity index is 948. The highest BCUT2D eigenvalue weighted by Gasteiger charge is 2.21. The van der Waals surface area contributed by atoms with Crippen molar-refractivity contribution in [1.29, 1.82) is 0 Å². The Kier molecular flexibility index (Phi) is 5.51. The molecular weight excluding hydrogens is 362 g/mol. The van der Waals surface area contributed by atoms with Gasteiger partial charge in [-0.05, 0) is 32.0 Å². The van der Waals surface area contributed by atoms with Crippen LogP contribution < -0.4 is 9.47 Å². The van der Waals surface area contributed by atoms with E-state index in [0.29, 0.717) is 17.9 Å². The zero-order chi connectivity index (χ0) is 19.6. The van der Waals surface area contributed by atoms with Crippen LogP contribution in [0.15, 0.2) is 35.8 Å². The van der Waals surface area contributed by atoms with Crippen LogP contribution in [-0.2, 0) is 6.54 Å². The van der Waals surface area contributed by atoms with Gasteiger partial charge in [0.2, 0.25) is 0 Å². The molecule has 0 aliphatic heterocycles.